The van der Waals surface area contributed by atoms with Gasteiger partial charge in [-0.05, 0) is 6.92 Å². The van der Waals surface area contributed by atoms with Crippen LogP contribution in [0, 0.1) is 0 Å². The smallest absolute Gasteiger partial charge is 0.341 e. The van der Waals surface area contributed by atoms with Gasteiger partial charge < -0.3 is 15.0 Å². The number of hydrogen-bond donors (Lipinski definition) is 2. The Morgan fingerprint density at radius 3 is 3.00 bits per heavy atom. The number of aromatic nitrogens is 3. The minimum Gasteiger partial charge on any atom is -0.462 e. The monoisotopic (exact) mass is 296 g/mol. The molecule has 0 radical (unpaired) electrons. The minimum absolute atomic E-state index is 0.0745. The van der Waals surface area contributed by atoms with Crippen LogP contribution < -0.4 is 10.2 Å². The Bertz CT molecular complexity index is 643. The largest absolute Gasteiger partial charge is 0.462 e. The number of carbonyl (C=O) groups excluding carboxylic acids is 1. The average Bonchev–Trinajstić information content (AvgIpc) is 2.97. The summed E-state index contributed by atoms with van der Waals surface area (Å²) in [5.74, 6) is -0.374. The molecule has 2 N–H and O–H groups in total. The molecule has 0 unspecified atom stereocenters. The van der Waals surface area contributed by atoms with Crippen LogP contribution in [0.15, 0.2) is 16.4 Å². The van der Waals surface area contributed by atoms with Crippen LogP contribution in [0.1, 0.15) is 28.7 Å². The maximum absolute atomic E-state index is 11.8. The zero-order valence-corrected chi connectivity index (χ0v) is 12.1. The van der Waals surface area contributed by atoms with Gasteiger partial charge in [-0.25, -0.2) is 4.79 Å². The van der Waals surface area contributed by atoms with Gasteiger partial charge in [-0.3, -0.25) is 9.48 Å². The van der Waals surface area contributed by atoms with E-state index in [0.29, 0.717) is 25.3 Å². The highest BCUT2D eigenvalue weighted by atomic mass is 32.1. The molecule has 108 valence electrons. The van der Waals surface area contributed by atoms with Crippen molar-refractivity contribution in [1.29, 1.82) is 0 Å². The summed E-state index contributed by atoms with van der Waals surface area (Å²) < 4.78 is 6.62. The minimum atomic E-state index is -0.374. The maximum atomic E-state index is 11.8. The van der Waals surface area contributed by atoms with Crippen molar-refractivity contribution in [1.82, 2.24) is 20.1 Å². The predicted molar refractivity (Wildman–Crippen MR) is 74.6 cm³/mol. The van der Waals surface area contributed by atoms with Gasteiger partial charge in [0, 0.05) is 31.2 Å². The van der Waals surface area contributed by atoms with E-state index in [2.05, 4.69) is 15.4 Å². The molecule has 2 aromatic heterocycles. The van der Waals surface area contributed by atoms with Gasteiger partial charge in [-0.1, -0.05) is 11.3 Å². The van der Waals surface area contributed by atoms with Crippen molar-refractivity contribution in [3.8, 4) is 0 Å². The normalized spacial score (nSPS) is 10.7. The van der Waals surface area contributed by atoms with Gasteiger partial charge in [0.25, 0.3) is 0 Å². The van der Waals surface area contributed by atoms with E-state index in [9.17, 15) is 9.59 Å². The number of rotatable bonds is 6. The summed E-state index contributed by atoms with van der Waals surface area (Å²) in [4.78, 5) is 25.4. The molecule has 0 fully saturated rings. The molecule has 0 saturated heterocycles. The highest BCUT2D eigenvalue weighted by molar-refractivity contribution is 7.07. The van der Waals surface area contributed by atoms with Crippen molar-refractivity contribution < 1.29 is 9.53 Å². The Morgan fingerprint density at radius 1 is 1.55 bits per heavy atom. The van der Waals surface area contributed by atoms with E-state index in [4.69, 9.17) is 4.74 Å². The quantitative estimate of drug-likeness (QED) is 0.764. The second-order valence-electron chi connectivity index (χ2n) is 4.13. The van der Waals surface area contributed by atoms with Crippen molar-refractivity contribution in [2.24, 2.45) is 7.05 Å². The number of hydrogen-bond acceptors (Lipinski definition) is 6. The summed E-state index contributed by atoms with van der Waals surface area (Å²) in [5, 5.41) is 9.00. The van der Waals surface area contributed by atoms with Crippen molar-refractivity contribution in [3.63, 3.8) is 0 Å². The number of aryl methyl sites for hydroxylation is 1. The fraction of sp³-hybridized carbons (Fsp3) is 0.417. The van der Waals surface area contributed by atoms with Gasteiger partial charge in [0.1, 0.15) is 5.56 Å². The number of nitrogens with one attached hydrogen (secondary N) is 2. The molecule has 0 aliphatic heterocycles. The Morgan fingerprint density at radius 2 is 2.35 bits per heavy atom. The van der Waals surface area contributed by atoms with Crippen LogP contribution in [0.4, 0.5) is 0 Å². The molecule has 0 bridgehead atoms. The first-order valence-electron chi connectivity index (χ1n) is 6.17. The van der Waals surface area contributed by atoms with E-state index in [1.807, 2.05) is 0 Å². The summed E-state index contributed by atoms with van der Waals surface area (Å²) in [6.07, 6.45) is 1.50. The molecule has 0 atom stereocenters. The van der Waals surface area contributed by atoms with Crippen molar-refractivity contribution >= 4 is 17.3 Å². The number of H-pyrrole nitrogens is 1. The van der Waals surface area contributed by atoms with Crippen LogP contribution in [0.2, 0.25) is 0 Å². The molecule has 7 nitrogen and oxygen atoms in total. The summed E-state index contributed by atoms with van der Waals surface area (Å²) >= 11 is 1.13. The predicted octanol–water partition coefficient (Wildman–Crippen LogP) is 0.636. The van der Waals surface area contributed by atoms with Gasteiger partial charge in [0.05, 0.1) is 18.5 Å². The van der Waals surface area contributed by atoms with E-state index in [-0.39, 0.29) is 10.8 Å². The summed E-state index contributed by atoms with van der Waals surface area (Å²) in [6.45, 7) is 3.07. The lowest BCUT2D eigenvalue weighted by atomic mass is 10.2. The molecule has 0 aliphatic carbocycles. The molecule has 0 saturated carbocycles. The zero-order chi connectivity index (χ0) is 14.5. The average molecular weight is 296 g/mol. The summed E-state index contributed by atoms with van der Waals surface area (Å²) in [5.41, 5.74) is 2.03. The molecular weight excluding hydrogens is 280 g/mol. The molecule has 0 aromatic carbocycles. The van der Waals surface area contributed by atoms with E-state index in [0.717, 1.165) is 22.7 Å². The molecule has 0 amide bonds. The number of thiazole rings is 1. The highest BCUT2D eigenvalue weighted by Gasteiger charge is 2.16. The highest BCUT2D eigenvalue weighted by Crippen LogP contribution is 2.09. The molecule has 8 heteroatoms. The maximum Gasteiger partial charge on any atom is 0.341 e. The van der Waals surface area contributed by atoms with Gasteiger partial charge in [-0.15, -0.1) is 0 Å². The standard InChI is InChI=1S/C12H16N4O3S/c1-3-19-11(17)9-5-14-16(2)10(9)6-13-4-8-7-20-12(18)15-8/h5,7,13H,3-4,6H2,1-2H3,(H,15,18). The lowest BCUT2D eigenvalue weighted by Gasteiger charge is -2.07. The molecule has 2 aromatic rings. The third-order valence-corrected chi connectivity index (χ3v) is 3.45. The van der Waals surface area contributed by atoms with E-state index >= 15 is 0 Å². The Kier molecular flexibility index (Phi) is 4.70. The van der Waals surface area contributed by atoms with E-state index in [1.165, 1.54) is 6.20 Å². The Balaban J connectivity index is 2.00. The molecule has 0 aliphatic rings. The SMILES string of the molecule is CCOC(=O)c1cnn(C)c1CNCc1csc(=O)[nH]1. The van der Waals surface area contributed by atoms with Crippen LogP contribution >= 0.6 is 11.3 Å². The summed E-state index contributed by atoms with van der Waals surface area (Å²) in [6, 6.07) is 0. The first-order chi connectivity index (χ1) is 9.61. The molecule has 20 heavy (non-hydrogen) atoms. The van der Waals surface area contributed by atoms with E-state index < -0.39 is 0 Å². The van der Waals surface area contributed by atoms with E-state index in [1.54, 1.807) is 24.0 Å². The van der Waals surface area contributed by atoms with Crippen molar-refractivity contribution in [2.45, 2.75) is 20.0 Å². The van der Waals surface area contributed by atoms with Crippen LogP contribution in [-0.2, 0) is 24.9 Å². The fourth-order valence-electron chi connectivity index (χ4n) is 1.77. The number of aromatic amines is 1. The Labute approximate surface area is 119 Å². The van der Waals surface area contributed by atoms with Gasteiger partial charge >= 0.3 is 10.8 Å². The zero-order valence-electron chi connectivity index (χ0n) is 11.3. The number of nitrogens with zero attached hydrogens (tertiary/aromatic N) is 2. The van der Waals surface area contributed by atoms with Crippen LogP contribution in [0.25, 0.3) is 0 Å². The molecular formula is C12H16N4O3S. The van der Waals surface area contributed by atoms with Crippen LogP contribution in [-0.4, -0.2) is 27.3 Å². The number of esters is 1. The Hall–Kier alpha value is -1.93. The molecule has 2 rings (SSSR count). The first kappa shape index (κ1) is 14.5. The number of ether oxygens (including phenoxy) is 1. The molecule has 2 heterocycles. The fourth-order valence-corrected chi connectivity index (χ4v) is 2.35. The van der Waals surface area contributed by atoms with Crippen LogP contribution in [0.3, 0.4) is 0 Å². The van der Waals surface area contributed by atoms with Gasteiger partial charge in [0.15, 0.2) is 0 Å². The second kappa shape index (κ2) is 6.49. The third kappa shape index (κ3) is 3.34. The van der Waals surface area contributed by atoms with Gasteiger partial charge in [-0.2, -0.15) is 5.10 Å². The lowest BCUT2D eigenvalue weighted by Crippen LogP contribution is -2.19. The third-order valence-electron chi connectivity index (χ3n) is 2.74. The topological polar surface area (TPSA) is 89.0 Å². The van der Waals surface area contributed by atoms with Gasteiger partial charge in [0.2, 0.25) is 0 Å². The first-order valence-corrected chi connectivity index (χ1v) is 7.05. The van der Waals surface area contributed by atoms with Crippen molar-refractivity contribution in [2.75, 3.05) is 6.61 Å². The second-order valence-corrected chi connectivity index (χ2v) is 4.97. The van der Waals surface area contributed by atoms with Crippen LogP contribution in [0.5, 0.6) is 0 Å². The van der Waals surface area contributed by atoms with Crippen molar-refractivity contribution in [3.05, 3.63) is 38.2 Å². The molecule has 0 spiro atoms. The summed E-state index contributed by atoms with van der Waals surface area (Å²) in [7, 11) is 1.77. The lowest BCUT2D eigenvalue weighted by molar-refractivity contribution is 0.0524. The number of carbonyl (C=O) groups is 1.